The molecule has 5 nitrogen and oxygen atoms in total. The molecule has 0 aromatic carbocycles. The van der Waals surface area contributed by atoms with Gasteiger partial charge in [0.25, 0.3) is 5.91 Å². The minimum atomic E-state index is -0.597. The van der Waals surface area contributed by atoms with E-state index in [1.54, 1.807) is 0 Å². The summed E-state index contributed by atoms with van der Waals surface area (Å²) in [4.78, 5) is 13.4. The minimum Gasteiger partial charge on any atom is -0.364 e. The molecular formula is C14H24N3O2+. The quantitative estimate of drug-likeness (QED) is 0.732. The van der Waals surface area contributed by atoms with Crippen LogP contribution in [0.3, 0.4) is 0 Å². The third-order valence-corrected chi connectivity index (χ3v) is 4.08. The Kier molecular flexibility index (Phi) is 4.43. The number of hydrogen-bond acceptors (Lipinski definition) is 3. The van der Waals surface area contributed by atoms with Crippen LogP contribution in [0.25, 0.3) is 0 Å². The summed E-state index contributed by atoms with van der Waals surface area (Å²) in [6.45, 7) is 6.25. The first-order valence-corrected chi connectivity index (χ1v) is 7.24. The molecule has 0 aromatic rings. The van der Waals surface area contributed by atoms with Gasteiger partial charge in [-0.2, -0.15) is 5.26 Å². The Labute approximate surface area is 114 Å². The van der Waals surface area contributed by atoms with Crippen molar-refractivity contribution in [1.82, 2.24) is 5.32 Å². The summed E-state index contributed by atoms with van der Waals surface area (Å²) in [7, 11) is 0. The molecule has 2 rings (SSSR count). The monoisotopic (exact) mass is 266 g/mol. The van der Waals surface area contributed by atoms with Crippen LogP contribution in [0, 0.1) is 11.3 Å². The number of nitriles is 1. The lowest BCUT2D eigenvalue weighted by atomic mass is 10.00. The summed E-state index contributed by atoms with van der Waals surface area (Å²) >= 11 is 0. The molecule has 0 spiro atoms. The van der Waals surface area contributed by atoms with Crippen LogP contribution in [-0.2, 0) is 9.53 Å². The lowest BCUT2D eigenvalue weighted by Crippen LogP contribution is -3.16. The first kappa shape index (κ1) is 14.3. The first-order chi connectivity index (χ1) is 9.03. The van der Waals surface area contributed by atoms with E-state index in [1.165, 1.54) is 4.90 Å². The maximum atomic E-state index is 12.1. The maximum absolute atomic E-state index is 12.1. The van der Waals surface area contributed by atoms with Gasteiger partial charge in [0.15, 0.2) is 6.54 Å². The van der Waals surface area contributed by atoms with E-state index in [0.29, 0.717) is 6.54 Å². The lowest BCUT2D eigenvalue weighted by Gasteiger charge is -2.32. The summed E-state index contributed by atoms with van der Waals surface area (Å²) in [6, 6.07) is 2.30. The average Bonchev–Trinajstić information content (AvgIpc) is 2.76. The van der Waals surface area contributed by atoms with E-state index < -0.39 is 5.54 Å². The average molecular weight is 266 g/mol. The van der Waals surface area contributed by atoms with Crippen LogP contribution >= 0.6 is 0 Å². The molecule has 5 heteroatoms. The zero-order valence-corrected chi connectivity index (χ0v) is 11.9. The van der Waals surface area contributed by atoms with Gasteiger partial charge in [0.2, 0.25) is 0 Å². The second kappa shape index (κ2) is 5.89. The van der Waals surface area contributed by atoms with Gasteiger partial charge >= 0.3 is 0 Å². The lowest BCUT2D eigenvalue weighted by molar-refractivity contribution is -0.907. The van der Waals surface area contributed by atoms with E-state index in [4.69, 9.17) is 4.74 Å². The molecule has 1 saturated heterocycles. The topological polar surface area (TPSA) is 66.6 Å². The number of nitrogens with zero attached hydrogens (tertiary/aromatic N) is 1. The van der Waals surface area contributed by atoms with Crippen molar-refractivity contribution in [2.75, 3.05) is 19.6 Å². The van der Waals surface area contributed by atoms with Gasteiger partial charge in [0.05, 0.1) is 6.07 Å². The molecule has 0 aromatic heterocycles. The van der Waals surface area contributed by atoms with Crippen LogP contribution in [0.5, 0.6) is 0 Å². The number of carbonyl (C=O) groups is 1. The smallest absolute Gasteiger partial charge is 0.276 e. The second-order valence-corrected chi connectivity index (χ2v) is 6.04. The van der Waals surface area contributed by atoms with Crippen LogP contribution in [0.15, 0.2) is 0 Å². The molecule has 2 aliphatic rings. The Morgan fingerprint density at radius 1 is 1.37 bits per heavy atom. The number of morpholine rings is 1. The summed E-state index contributed by atoms with van der Waals surface area (Å²) in [6.07, 6.45) is 4.05. The molecule has 0 bridgehead atoms. The van der Waals surface area contributed by atoms with Crippen molar-refractivity contribution in [2.45, 2.75) is 57.3 Å². The second-order valence-electron chi connectivity index (χ2n) is 6.04. The highest BCUT2D eigenvalue weighted by atomic mass is 16.5. The maximum Gasteiger partial charge on any atom is 0.276 e. The zero-order valence-electron chi connectivity index (χ0n) is 11.9. The highest BCUT2D eigenvalue weighted by Gasteiger charge is 2.36. The normalized spacial score (nSPS) is 33.6. The Morgan fingerprint density at radius 2 is 1.95 bits per heavy atom. The molecule has 1 amide bonds. The van der Waals surface area contributed by atoms with Gasteiger partial charge in [-0.05, 0) is 39.5 Å². The number of nitrogens with one attached hydrogen (secondary N) is 2. The molecule has 2 fully saturated rings. The van der Waals surface area contributed by atoms with E-state index in [0.717, 1.165) is 38.8 Å². The van der Waals surface area contributed by atoms with Crippen molar-refractivity contribution < 1.29 is 14.4 Å². The number of amides is 1. The van der Waals surface area contributed by atoms with Crippen molar-refractivity contribution in [3.63, 3.8) is 0 Å². The van der Waals surface area contributed by atoms with Crippen LogP contribution < -0.4 is 10.2 Å². The Bertz CT molecular complexity index is 361. The van der Waals surface area contributed by atoms with E-state index >= 15 is 0 Å². The Hall–Kier alpha value is -1.12. The molecule has 1 aliphatic carbocycles. The molecule has 2 atom stereocenters. The largest absolute Gasteiger partial charge is 0.364 e. The third kappa shape index (κ3) is 3.68. The highest BCUT2D eigenvalue weighted by Crippen LogP contribution is 2.28. The predicted octanol–water partition coefficient (Wildman–Crippen LogP) is -0.369. The van der Waals surface area contributed by atoms with Crippen LogP contribution in [0.4, 0.5) is 0 Å². The van der Waals surface area contributed by atoms with Crippen molar-refractivity contribution in [3.05, 3.63) is 0 Å². The Morgan fingerprint density at radius 3 is 2.47 bits per heavy atom. The van der Waals surface area contributed by atoms with Crippen LogP contribution in [-0.4, -0.2) is 43.3 Å². The highest BCUT2D eigenvalue weighted by molar-refractivity contribution is 5.78. The van der Waals surface area contributed by atoms with E-state index in [1.807, 2.05) is 13.8 Å². The summed E-state index contributed by atoms with van der Waals surface area (Å²) in [5.41, 5.74) is -0.597. The van der Waals surface area contributed by atoms with Crippen molar-refractivity contribution >= 4 is 5.91 Å². The summed E-state index contributed by atoms with van der Waals surface area (Å²) in [5, 5.41) is 12.2. The molecule has 2 N–H and O–H groups in total. The Balaban J connectivity index is 1.85. The standard InChI is InChI=1S/C14H23N3O2/c1-11-7-17(8-12(2)19-11)9-13(18)16-14(10-15)5-3-4-6-14/h11-12H,3-9H2,1-2H3,(H,16,18)/p+1/t11-,12-/m1/s1. The van der Waals surface area contributed by atoms with Gasteiger partial charge in [0, 0.05) is 0 Å². The van der Waals surface area contributed by atoms with Crippen molar-refractivity contribution in [2.24, 2.45) is 0 Å². The van der Waals surface area contributed by atoms with Gasteiger partial charge in [-0.1, -0.05) is 0 Å². The number of carbonyl (C=O) groups excluding carboxylic acids is 1. The molecule has 19 heavy (non-hydrogen) atoms. The molecular weight excluding hydrogens is 242 g/mol. The van der Waals surface area contributed by atoms with Crippen molar-refractivity contribution in [3.8, 4) is 6.07 Å². The fourth-order valence-electron chi connectivity index (χ4n) is 3.31. The zero-order chi connectivity index (χ0) is 13.9. The molecule has 1 aliphatic heterocycles. The van der Waals surface area contributed by atoms with E-state index in [-0.39, 0.29) is 18.1 Å². The van der Waals surface area contributed by atoms with Gasteiger partial charge in [0.1, 0.15) is 30.8 Å². The third-order valence-electron chi connectivity index (χ3n) is 4.08. The SMILES string of the molecule is C[C@@H]1C[NH+](CC(=O)NC2(C#N)CCCC2)C[C@@H](C)O1. The summed E-state index contributed by atoms with van der Waals surface area (Å²) < 4.78 is 5.67. The van der Waals surface area contributed by atoms with Gasteiger partial charge in [-0.25, -0.2) is 0 Å². The van der Waals surface area contributed by atoms with Crippen LogP contribution in [0.1, 0.15) is 39.5 Å². The summed E-state index contributed by atoms with van der Waals surface area (Å²) in [5.74, 6) is -0.000231. The van der Waals surface area contributed by atoms with Gasteiger partial charge in [-0.15, -0.1) is 0 Å². The molecule has 0 radical (unpaired) electrons. The van der Waals surface area contributed by atoms with Crippen LogP contribution in [0.2, 0.25) is 0 Å². The van der Waals surface area contributed by atoms with Gasteiger partial charge in [-0.3, -0.25) is 4.79 Å². The van der Waals surface area contributed by atoms with E-state index in [2.05, 4.69) is 11.4 Å². The number of rotatable bonds is 3. The van der Waals surface area contributed by atoms with Crippen molar-refractivity contribution in [1.29, 1.82) is 5.26 Å². The molecule has 106 valence electrons. The molecule has 1 saturated carbocycles. The predicted molar refractivity (Wildman–Crippen MR) is 70.5 cm³/mol. The van der Waals surface area contributed by atoms with E-state index in [9.17, 15) is 10.1 Å². The minimum absolute atomic E-state index is 0.000231. The number of ether oxygens (including phenoxy) is 1. The number of hydrogen-bond donors (Lipinski definition) is 2. The molecule has 1 heterocycles. The fraction of sp³-hybridized carbons (Fsp3) is 0.857. The fourth-order valence-corrected chi connectivity index (χ4v) is 3.31. The molecule has 0 unspecified atom stereocenters. The first-order valence-electron chi connectivity index (χ1n) is 7.24. The number of quaternary nitrogens is 1. The van der Waals surface area contributed by atoms with Gasteiger partial charge < -0.3 is 15.0 Å².